The molecule has 2 fully saturated rings. The molecule has 1 aromatic heterocycles. The van der Waals surface area contributed by atoms with Gasteiger partial charge in [-0.1, -0.05) is 0 Å². The standard InChI is InChI=1S/C16H23N3O4.Na/c1-11-17-13(19-7-3-12(4-8-19)10-22-2)9-14(18-11)23-16(5-6-16)15(20)21;/h9,12H,3-8,10H2,1-2H3,(H,20,21);/q;+1/p-1. The Morgan fingerprint density at radius 2 is 2.04 bits per heavy atom. The van der Waals surface area contributed by atoms with E-state index in [1.54, 1.807) is 20.1 Å². The molecule has 1 aromatic rings. The molecule has 2 heterocycles. The summed E-state index contributed by atoms with van der Waals surface area (Å²) in [4.78, 5) is 22.0. The van der Waals surface area contributed by atoms with Crippen molar-refractivity contribution in [2.45, 2.75) is 38.2 Å². The Bertz CT molecular complexity index is 587. The molecule has 0 atom stereocenters. The third-order valence-corrected chi connectivity index (χ3v) is 4.52. The molecule has 8 heteroatoms. The molecule has 1 saturated heterocycles. The van der Waals surface area contributed by atoms with E-state index >= 15 is 0 Å². The van der Waals surface area contributed by atoms with Gasteiger partial charge < -0.3 is 24.3 Å². The van der Waals surface area contributed by atoms with Crippen molar-refractivity contribution < 1.29 is 48.9 Å². The van der Waals surface area contributed by atoms with Crippen LogP contribution in [0.1, 0.15) is 31.5 Å². The number of carboxylic acid groups (broad SMARTS) is 1. The van der Waals surface area contributed by atoms with Gasteiger partial charge in [0.25, 0.3) is 0 Å². The Morgan fingerprint density at radius 1 is 1.38 bits per heavy atom. The molecule has 0 radical (unpaired) electrons. The number of aromatic nitrogens is 2. The van der Waals surface area contributed by atoms with Gasteiger partial charge in [-0.15, -0.1) is 0 Å². The maximum Gasteiger partial charge on any atom is 1.00 e. The topological polar surface area (TPSA) is 87.6 Å². The summed E-state index contributed by atoms with van der Waals surface area (Å²) in [5.41, 5.74) is -1.19. The number of ether oxygens (including phenoxy) is 2. The van der Waals surface area contributed by atoms with E-state index in [1.165, 1.54) is 0 Å². The zero-order valence-corrected chi connectivity index (χ0v) is 16.6. The zero-order chi connectivity index (χ0) is 16.4. The number of piperidine rings is 1. The number of carboxylic acids is 1. The van der Waals surface area contributed by atoms with Gasteiger partial charge in [0.05, 0.1) is 5.97 Å². The van der Waals surface area contributed by atoms with Crippen molar-refractivity contribution in [1.82, 2.24) is 9.97 Å². The van der Waals surface area contributed by atoms with Gasteiger partial charge in [0.2, 0.25) is 5.88 Å². The van der Waals surface area contributed by atoms with Crippen molar-refractivity contribution in [3.05, 3.63) is 11.9 Å². The maximum absolute atomic E-state index is 11.2. The number of rotatable bonds is 6. The Balaban J connectivity index is 0.00000208. The summed E-state index contributed by atoms with van der Waals surface area (Å²) < 4.78 is 10.8. The summed E-state index contributed by atoms with van der Waals surface area (Å²) in [5, 5.41) is 11.2. The first-order chi connectivity index (χ1) is 11.0. The largest absolute Gasteiger partial charge is 1.00 e. The van der Waals surface area contributed by atoms with Gasteiger partial charge in [0.1, 0.15) is 11.6 Å². The average molecular weight is 343 g/mol. The van der Waals surface area contributed by atoms with Gasteiger partial charge in [-0.2, -0.15) is 4.98 Å². The summed E-state index contributed by atoms with van der Waals surface area (Å²) in [5.74, 6) is 1.09. The van der Waals surface area contributed by atoms with Crippen LogP contribution in [0.3, 0.4) is 0 Å². The maximum atomic E-state index is 11.2. The molecule has 0 aromatic carbocycles. The number of methoxy groups -OCH3 is 1. The van der Waals surface area contributed by atoms with Crippen molar-refractivity contribution in [2.75, 3.05) is 31.7 Å². The van der Waals surface area contributed by atoms with Crippen LogP contribution in [0.15, 0.2) is 6.07 Å². The fourth-order valence-electron chi connectivity index (χ4n) is 2.97. The fraction of sp³-hybridized carbons (Fsp3) is 0.688. The molecule has 1 aliphatic heterocycles. The Kier molecular flexibility index (Phi) is 6.47. The zero-order valence-electron chi connectivity index (χ0n) is 14.6. The van der Waals surface area contributed by atoms with Gasteiger partial charge in [-0.3, -0.25) is 0 Å². The summed E-state index contributed by atoms with van der Waals surface area (Å²) in [6.45, 7) is 4.37. The molecule has 0 N–H and O–H groups in total. The second-order valence-corrected chi connectivity index (χ2v) is 6.38. The predicted octanol–water partition coefficient (Wildman–Crippen LogP) is -2.69. The summed E-state index contributed by atoms with van der Waals surface area (Å²) >= 11 is 0. The molecule has 1 saturated carbocycles. The van der Waals surface area contributed by atoms with Crippen LogP contribution in [0.25, 0.3) is 0 Å². The first-order valence-corrected chi connectivity index (χ1v) is 8.02. The molecular weight excluding hydrogens is 321 g/mol. The number of nitrogens with zero attached hydrogens (tertiary/aromatic N) is 3. The van der Waals surface area contributed by atoms with Crippen LogP contribution in [-0.4, -0.2) is 48.3 Å². The summed E-state index contributed by atoms with van der Waals surface area (Å²) in [7, 11) is 1.73. The van der Waals surface area contributed by atoms with E-state index in [-0.39, 0.29) is 29.6 Å². The molecule has 3 rings (SSSR count). The first-order valence-electron chi connectivity index (χ1n) is 8.02. The minimum absolute atomic E-state index is 0. The van der Waals surface area contributed by atoms with Crippen LogP contribution in [0.4, 0.5) is 5.82 Å². The van der Waals surface area contributed by atoms with Crippen molar-refractivity contribution in [2.24, 2.45) is 5.92 Å². The number of hydrogen-bond donors (Lipinski definition) is 0. The van der Waals surface area contributed by atoms with Crippen LogP contribution in [0.2, 0.25) is 0 Å². The molecule has 0 bridgehead atoms. The van der Waals surface area contributed by atoms with E-state index in [0.717, 1.165) is 38.4 Å². The van der Waals surface area contributed by atoms with Gasteiger partial charge in [0.15, 0.2) is 5.60 Å². The normalized spacial score (nSPS) is 19.5. The fourth-order valence-corrected chi connectivity index (χ4v) is 2.97. The van der Waals surface area contributed by atoms with Gasteiger partial charge in [0, 0.05) is 32.9 Å². The Hall–Kier alpha value is -0.890. The molecule has 0 unspecified atom stereocenters. The molecule has 7 nitrogen and oxygen atoms in total. The molecule has 1 aliphatic carbocycles. The number of carbonyl (C=O) groups is 1. The van der Waals surface area contributed by atoms with E-state index in [9.17, 15) is 9.90 Å². The Labute approximate surface area is 164 Å². The van der Waals surface area contributed by atoms with Crippen molar-refractivity contribution >= 4 is 11.8 Å². The second-order valence-electron chi connectivity index (χ2n) is 6.38. The van der Waals surface area contributed by atoms with Crippen LogP contribution >= 0.6 is 0 Å². The number of aliphatic carboxylic acids is 1. The predicted molar refractivity (Wildman–Crippen MR) is 81.2 cm³/mol. The monoisotopic (exact) mass is 343 g/mol. The van der Waals surface area contributed by atoms with Crippen molar-refractivity contribution in [3.8, 4) is 5.88 Å². The third kappa shape index (κ3) is 4.39. The average Bonchev–Trinajstić information content (AvgIpc) is 3.29. The number of carbonyl (C=O) groups excluding carboxylic acids is 1. The smallest absolute Gasteiger partial charge is 0.546 e. The van der Waals surface area contributed by atoms with E-state index in [1.807, 2.05) is 0 Å². The molecule has 24 heavy (non-hydrogen) atoms. The SMILES string of the molecule is COCC1CCN(c2cc(OC3(C(=O)[O-])CC3)nc(C)n2)CC1.[Na+]. The van der Waals surface area contributed by atoms with Crippen molar-refractivity contribution in [3.63, 3.8) is 0 Å². The first kappa shape index (κ1) is 19.4. The van der Waals surface area contributed by atoms with E-state index in [4.69, 9.17) is 9.47 Å². The van der Waals surface area contributed by atoms with Gasteiger partial charge in [-0.25, -0.2) is 4.98 Å². The summed E-state index contributed by atoms with van der Waals surface area (Å²) in [6, 6.07) is 1.73. The van der Waals surface area contributed by atoms with Crippen LogP contribution in [-0.2, 0) is 9.53 Å². The molecule has 2 aliphatic rings. The number of anilines is 1. The third-order valence-electron chi connectivity index (χ3n) is 4.52. The van der Waals surface area contributed by atoms with Crippen molar-refractivity contribution in [1.29, 1.82) is 0 Å². The van der Waals surface area contributed by atoms with Gasteiger partial charge >= 0.3 is 29.6 Å². The molecule has 0 spiro atoms. The second kappa shape index (κ2) is 7.99. The number of aryl methyl sites for hydroxylation is 1. The summed E-state index contributed by atoms with van der Waals surface area (Å²) in [6.07, 6.45) is 3.04. The van der Waals surface area contributed by atoms with Crippen LogP contribution < -0.4 is 44.3 Å². The van der Waals surface area contributed by atoms with E-state index < -0.39 is 11.6 Å². The number of hydrogen-bond acceptors (Lipinski definition) is 7. The molecule has 126 valence electrons. The van der Waals surface area contributed by atoms with Crippen LogP contribution in [0.5, 0.6) is 5.88 Å². The van der Waals surface area contributed by atoms with E-state index in [0.29, 0.717) is 30.5 Å². The molecular formula is C16H22N3NaO4. The minimum Gasteiger partial charge on any atom is -0.546 e. The van der Waals surface area contributed by atoms with Gasteiger partial charge in [-0.05, 0) is 38.5 Å². The molecule has 0 amide bonds. The van der Waals surface area contributed by atoms with E-state index in [2.05, 4.69) is 14.9 Å². The Morgan fingerprint density at radius 3 is 2.58 bits per heavy atom. The quantitative estimate of drug-likeness (QED) is 0.520. The van der Waals surface area contributed by atoms with Crippen LogP contribution in [0, 0.1) is 12.8 Å². The minimum atomic E-state index is -1.19.